The van der Waals surface area contributed by atoms with E-state index < -0.39 is 0 Å². The Morgan fingerprint density at radius 1 is 1.29 bits per heavy atom. The molecule has 3 heteroatoms. The standard InChI is InChI=1S/C11H16BrNS/c1-2-7-13-8-9-14-11-6-4-3-5-10(11)12/h3-6,13H,2,7-9H2,1H3. The van der Waals surface area contributed by atoms with Gasteiger partial charge in [0.2, 0.25) is 0 Å². The van der Waals surface area contributed by atoms with Crippen LogP contribution in [-0.4, -0.2) is 18.8 Å². The number of rotatable bonds is 6. The minimum Gasteiger partial charge on any atom is -0.316 e. The van der Waals surface area contributed by atoms with Crippen molar-refractivity contribution in [3.63, 3.8) is 0 Å². The molecular formula is C11H16BrNS. The summed E-state index contributed by atoms with van der Waals surface area (Å²) >= 11 is 5.43. The molecule has 0 spiro atoms. The van der Waals surface area contributed by atoms with Crippen LogP contribution in [0.1, 0.15) is 13.3 Å². The molecule has 1 rings (SSSR count). The molecule has 0 aliphatic rings. The second-order valence-corrected chi connectivity index (χ2v) is 5.02. The van der Waals surface area contributed by atoms with Crippen LogP contribution in [0.2, 0.25) is 0 Å². The fourth-order valence-corrected chi connectivity index (χ4v) is 2.57. The maximum Gasteiger partial charge on any atom is 0.0311 e. The van der Waals surface area contributed by atoms with Crippen LogP contribution in [-0.2, 0) is 0 Å². The summed E-state index contributed by atoms with van der Waals surface area (Å²) in [6.07, 6.45) is 1.21. The first-order chi connectivity index (χ1) is 6.84. The average Bonchev–Trinajstić information content (AvgIpc) is 2.20. The zero-order chi connectivity index (χ0) is 10.2. The van der Waals surface area contributed by atoms with E-state index in [9.17, 15) is 0 Å². The highest BCUT2D eigenvalue weighted by Gasteiger charge is 1.97. The predicted molar refractivity (Wildman–Crippen MR) is 68.0 cm³/mol. The van der Waals surface area contributed by atoms with Gasteiger partial charge in [0.1, 0.15) is 0 Å². The third kappa shape index (κ3) is 4.49. The first-order valence-corrected chi connectivity index (χ1v) is 6.70. The molecule has 0 amide bonds. The van der Waals surface area contributed by atoms with Gasteiger partial charge in [-0.15, -0.1) is 11.8 Å². The summed E-state index contributed by atoms with van der Waals surface area (Å²) < 4.78 is 1.19. The topological polar surface area (TPSA) is 12.0 Å². The van der Waals surface area contributed by atoms with E-state index in [0.717, 1.165) is 18.8 Å². The monoisotopic (exact) mass is 273 g/mol. The smallest absolute Gasteiger partial charge is 0.0311 e. The normalized spacial score (nSPS) is 10.4. The van der Waals surface area contributed by atoms with E-state index in [1.54, 1.807) is 0 Å². The summed E-state index contributed by atoms with van der Waals surface area (Å²) in [5, 5.41) is 3.39. The van der Waals surface area contributed by atoms with E-state index in [1.807, 2.05) is 17.8 Å². The number of halogens is 1. The van der Waals surface area contributed by atoms with Crippen molar-refractivity contribution in [2.75, 3.05) is 18.8 Å². The molecule has 0 radical (unpaired) electrons. The van der Waals surface area contributed by atoms with E-state index >= 15 is 0 Å². The van der Waals surface area contributed by atoms with Crippen LogP contribution in [0.25, 0.3) is 0 Å². The van der Waals surface area contributed by atoms with Crippen LogP contribution >= 0.6 is 27.7 Å². The zero-order valence-electron chi connectivity index (χ0n) is 8.42. The second kappa shape index (κ2) is 7.32. The maximum absolute atomic E-state index is 3.54. The van der Waals surface area contributed by atoms with Gasteiger partial charge in [0.15, 0.2) is 0 Å². The van der Waals surface area contributed by atoms with Crippen LogP contribution in [0.3, 0.4) is 0 Å². The van der Waals surface area contributed by atoms with Crippen molar-refractivity contribution < 1.29 is 0 Å². The van der Waals surface area contributed by atoms with Crippen LogP contribution in [0.15, 0.2) is 33.6 Å². The molecule has 0 aromatic heterocycles. The SMILES string of the molecule is CCCNCCSc1ccccc1Br. The minimum absolute atomic E-state index is 1.08. The number of thioether (sulfide) groups is 1. The first-order valence-electron chi connectivity index (χ1n) is 4.92. The highest BCUT2D eigenvalue weighted by molar-refractivity contribution is 9.10. The summed E-state index contributed by atoms with van der Waals surface area (Å²) in [5.41, 5.74) is 0. The highest BCUT2D eigenvalue weighted by atomic mass is 79.9. The Balaban J connectivity index is 2.21. The van der Waals surface area contributed by atoms with Crippen molar-refractivity contribution in [2.24, 2.45) is 0 Å². The lowest BCUT2D eigenvalue weighted by atomic mass is 10.4. The van der Waals surface area contributed by atoms with Crippen LogP contribution < -0.4 is 5.32 Å². The molecule has 1 N–H and O–H groups in total. The van der Waals surface area contributed by atoms with E-state index in [-0.39, 0.29) is 0 Å². The van der Waals surface area contributed by atoms with Crippen molar-refractivity contribution in [3.8, 4) is 0 Å². The molecule has 0 saturated carbocycles. The fourth-order valence-electron chi connectivity index (χ4n) is 1.10. The molecular weight excluding hydrogens is 258 g/mol. The maximum atomic E-state index is 3.54. The molecule has 0 aliphatic carbocycles. The second-order valence-electron chi connectivity index (χ2n) is 3.03. The number of benzene rings is 1. The quantitative estimate of drug-likeness (QED) is 0.629. The van der Waals surface area contributed by atoms with E-state index in [0.29, 0.717) is 0 Å². The van der Waals surface area contributed by atoms with Crippen LogP contribution in [0.4, 0.5) is 0 Å². The van der Waals surface area contributed by atoms with Crippen LogP contribution in [0, 0.1) is 0 Å². The molecule has 0 atom stereocenters. The summed E-state index contributed by atoms with van der Waals surface area (Å²) in [7, 11) is 0. The minimum atomic E-state index is 1.08. The highest BCUT2D eigenvalue weighted by Crippen LogP contribution is 2.26. The number of nitrogens with one attached hydrogen (secondary N) is 1. The summed E-state index contributed by atoms with van der Waals surface area (Å²) in [4.78, 5) is 1.32. The van der Waals surface area contributed by atoms with Gasteiger partial charge in [-0.05, 0) is 41.0 Å². The number of hydrogen-bond acceptors (Lipinski definition) is 2. The molecule has 0 fully saturated rings. The average molecular weight is 274 g/mol. The van der Waals surface area contributed by atoms with Gasteiger partial charge in [-0.25, -0.2) is 0 Å². The summed E-state index contributed by atoms with van der Waals surface area (Å²) in [6, 6.07) is 8.35. The van der Waals surface area contributed by atoms with E-state index in [1.165, 1.54) is 15.8 Å². The molecule has 1 nitrogen and oxygen atoms in total. The Labute approximate surface area is 98.8 Å². The lowest BCUT2D eigenvalue weighted by Gasteiger charge is -2.04. The molecule has 14 heavy (non-hydrogen) atoms. The molecule has 78 valence electrons. The van der Waals surface area contributed by atoms with Gasteiger partial charge in [-0.3, -0.25) is 0 Å². The van der Waals surface area contributed by atoms with Crippen molar-refractivity contribution in [1.29, 1.82) is 0 Å². The number of hydrogen-bond donors (Lipinski definition) is 1. The van der Waals surface area contributed by atoms with Gasteiger partial charge in [0.25, 0.3) is 0 Å². The van der Waals surface area contributed by atoms with Crippen molar-refractivity contribution in [1.82, 2.24) is 5.32 Å². The Bertz CT molecular complexity index is 265. The predicted octanol–water partition coefficient (Wildman–Crippen LogP) is 3.54. The van der Waals surface area contributed by atoms with E-state index in [2.05, 4.69) is 46.4 Å². The Morgan fingerprint density at radius 3 is 2.79 bits per heavy atom. The molecule has 0 heterocycles. The Kier molecular flexibility index (Phi) is 6.32. The molecule has 0 aliphatic heterocycles. The zero-order valence-corrected chi connectivity index (χ0v) is 10.8. The van der Waals surface area contributed by atoms with Crippen molar-refractivity contribution in [3.05, 3.63) is 28.7 Å². The molecule has 0 unspecified atom stereocenters. The van der Waals surface area contributed by atoms with Gasteiger partial charge < -0.3 is 5.32 Å². The fraction of sp³-hybridized carbons (Fsp3) is 0.455. The molecule has 1 aromatic carbocycles. The third-order valence-corrected chi connectivity index (χ3v) is 3.83. The van der Waals surface area contributed by atoms with Gasteiger partial charge in [-0.2, -0.15) is 0 Å². The largest absolute Gasteiger partial charge is 0.316 e. The van der Waals surface area contributed by atoms with Crippen molar-refractivity contribution in [2.45, 2.75) is 18.2 Å². The van der Waals surface area contributed by atoms with Gasteiger partial charge in [-0.1, -0.05) is 19.1 Å². The molecule has 0 bridgehead atoms. The third-order valence-electron chi connectivity index (χ3n) is 1.80. The Hall–Kier alpha value is 0.01000. The van der Waals surface area contributed by atoms with E-state index in [4.69, 9.17) is 0 Å². The summed E-state index contributed by atoms with van der Waals surface area (Å²) in [5.74, 6) is 1.13. The van der Waals surface area contributed by atoms with Gasteiger partial charge >= 0.3 is 0 Å². The molecule has 0 saturated heterocycles. The Morgan fingerprint density at radius 2 is 2.07 bits per heavy atom. The van der Waals surface area contributed by atoms with Gasteiger partial charge in [0, 0.05) is 21.7 Å². The summed E-state index contributed by atoms with van der Waals surface area (Å²) in [6.45, 7) is 4.39. The first kappa shape index (κ1) is 12.1. The molecule has 1 aromatic rings. The lowest BCUT2D eigenvalue weighted by molar-refractivity contribution is 0.707. The van der Waals surface area contributed by atoms with Crippen LogP contribution in [0.5, 0.6) is 0 Å². The lowest BCUT2D eigenvalue weighted by Crippen LogP contribution is -2.17. The van der Waals surface area contributed by atoms with Gasteiger partial charge in [0.05, 0.1) is 0 Å². The van der Waals surface area contributed by atoms with Crippen molar-refractivity contribution >= 4 is 27.7 Å².